The number of aryl methyl sites for hydroxylation is 2. The molecule has 1 aromatic rings. The molecule has 0 fully saturated rings. The molecular formula is C7H13N3. The number of hydrogen-bond donors (Lipinski definition) is 1. The van der Waals surface area contributed by atoms with Crippen LogP contribution >= 0.6 is 0 Å². The SMILES string of the molecule is CCn1nc(C)cc1CN. The summed E-state index contributed by atoms with van der Waals surface area (Å²) < 4.78 is 1.93. The molecule has 1 rings (SSSR count). The molecule has 2 N–H and O–H groups in total. The Morgan fingerprint density at radius 2 is 2.40 bits per heavy atom. The maximum absolute atomic E-state index is 5.48. The molecule has 0 saturated heterocycles. The second kappa shape index (κ2) is 2.84. The van der Waals surface area contributed by atoms with E-state index in [1.54, 1.807) is 0 Å². The van der Waals surface area contributed by atoms with Gasteiger partial charge in [-0.2, -0.15) is 5.10 Å². The zero-order valence-electron chi connectivity index (χ0n) is 6.46. The van der Waals surface area contributed by atoms with Crippen LogP contribution in [0.5, 0.6) is 0 Å². The van der Waals surface area contributed by atoms with Gasteiger partial charge >= 0.3 is 0 Å². The van der Waals surface area contributed by atoms with E-state index in [9.17, 15) is 0 Å². The van der Waals surface area contributed by atoms with Crippen molar-refractivity contribution in [1.82, 2.24) is 9.78 Å². The molecule has 0 radical (unpaired) electrons. The van der Waals surface area contributed by atoms with Crippen molar-refractivity contribution < 1.29 is 0 Å². The lowest BCUT2D eigenvalue weighted by molar-refractivity contribution is 0.618. The highest BCUT2D eigenvalue weighted by atomic mass is 15.3. The molecule has 0 aromatic carbocycles. The van der Waals surface area contributed by atoms with Gasteiger partial charge in [-0.05, 0) is 19.9 Å². The van der Waals surface area contributed by atoms with Gasteiger partial charge in [-0.15, -0.1) is 0 Å². The second-order valence-corrected chi connectivity index (χ2v) is 2.30. The van der Waals surface area contributed by atoms with Crippen molar-refractivity contribution in [3.8, 4) is 0 Å². The largest absolute Gasteiger partial charge is 0.325 e. The van der Waals surface area contributed by atoms with Crippen molar-refractivity contribution in [2.75, 3.05) is 0 Å². The summed E-state index contributed by atoms with van der Waals surface area (Å²) in [6.45, 7) is 5.52. The van der Waals surface area contributed by atoms with Gasteiger partial charge in [-0.3, -0.25) is 4.68 Å². The van der Waals surface area contributed by atoms with Crippen molar-refractivity contribution in [1.29, 1.82) is 0 Å². The third kappa shape index (κ3) is 1.19. The third-order valence-electron chi connectivity index (χ3n) is 1.49. The Morgan fingerprint density at radius 3 is 2.80 bits per heavy atom. The zero-order valence-corrected chi connectivity index (χ0v) is 6.46. The lowest BCUT2D eigenvalue weighted by Crippen LogP contribution is -2.06. The van der Waals surface area contributed by atoms with Gasteiger partial charge in [0.25, 0.3) is 0 Å². The molecule has 56 valence electrons. The first-order chi connectivity index (χ1) is 4.77. The Labute approximate surface area is 60.8 Å². The van der Waals surface area contributed by atoms with Crippen molar-refractivity contribution in [2.24, 2.45) is 5.73 Å². The van der Waals surface area contributed by atoms with Crippen LogP contribution in [0.2, 0.25) is 0 Å². The highest BCUT2D eigenvalue weighted by Crippen LogP contribution is 2.01. The molecule has 3 heteroatoms. The molecule has 0 atom stereocenters. The van der Waals surface area contributed by atoms with Crippen LogP contribution in [0.15, 0.2) is 6.07 Å². The second-order valence-electron chi connectivity index (χ2n) is 2.30. The summed E-state index contributed by atoms with van der Waals surface area (Å²) in [5.74, 6) is 0. The average Bonchev–Trinajstić information content (AvgIpc) is 2.30. The topological polar surface area (TPSA) is 43.8 Å². The fourth-order valence-corrected chi connectivity index (χ4v) is 1.04. The summed E-state index contributed by atoms with van der Waals surface area (Å²) >= 11 is 0. The van der Waals surface area contributed by atoms with Gasteiger partial charge in [0.05, 0.1) is 11.4 Å². The van der Waals surface area contributed by atoms with Gasteiger partial charge in [0.2, 0.25) is 0 Å². The summed E-state index contributed by atoms with van der Waals surface area (Å²) in [5.41, 5.74) is 7.63. The quantitative estimate of drug-likeness (QED) is 0.654. The Balaban J connectivity index is 2.96. The van der Waals surface area contributed by atoms with Gasteiger partial charge in [0.15, 0.2) is 0 Å². The van der Waals surface area contributed by atoms with E-state index in [4.69, 9.17) is 5.73 Å². The van der Waals surface area contributed by atoms with Gasteiger partial charge < -0.3 is 5.73 Å². The first-order valence-corrected chi connectivity index (χ1v) is 3.51. The van der Waals surface area contributed by atoms with Crippen molar-refractivity contribution >= 4 is 0 Å². The first kappa shape index (κ1) is 7.28. The minimum absolute atomic E-state index is 0.578. The normalized spacial score (nSPS) is 10.3. The fourth-order valence-electron chi connectivity index (χ4n) is 1.04. The molecular weight excluding hydrogens is 126 g/mol. The Kier molecular flexibility index (Phi) is 2.06. The molecule has 3 nitrogen and oxygen atoms in total. The third-order valence-corrected chi connectivity index (χ3v) is 1.49. The molecule has 0 aliphatic heterocycles. The van der Waals surface area contributed by atoms with Gasteiger partial charge in [-0.1, -0.05) is 0 Å². The van der Waals surface area contributed by atoms with Crippen LogP contribution in [0.4, 0.5) is 0 Å². The van der Waals surface area contributed by atoms with Gasteiger partial charge in [0, 0.05) is 13.1 Å². The predicted octanol–water partition coefficient (Wildman–Crippen LogP) is 0.670. The molecule has 0 unspecified atom stereocenters. The van der Waals surface area contributed by atoms with Crippen LogP contribution in [-0.4, -0.2) is 9.78 Å². The van der Waals surface area contributed by atoms with Crippen molar-refractivity contribution in [3.05, 3.63) is 17.5 Å². The van der Waals surface area contributed by atoms with E-state index in [0.717, 1.165) is 17.9 Å². The van der Waals surface area contributed by atoms with E-state index in [1.807, 2.05) is 17.7 Å². The molecule has 0 aliphatic rings. The lowest BCUT2D eigenvalue weighted by Gasteiger charge is -1.98. The Bertz CT molecular complexity index is 193. The summed E-state index contributed by atoms with van der Waals surface area (Å²) in [6.07, 6.45) is 0. The van der Waals surface area contributed by atoms with E-state index < -0.39 is 0 Å². The molecule has 0 saturated carbocycles. The highest BCUT2D eigenvalue weighted by Gasteiger charge is 1.99. The number of nitrogens with zero attached hydrogens (tertiary/aromatic N) is 2. The molecule has 10 heavy (non-hydrogen) atoms. The minimum Gasteiger partial charge on any atom is -0.325 e. The van der Waals surface area contributed by atoms with Gasteiger partial charge in [0.1, 0.15) is 0 Å². The van der Waals surface area contributed by atoms with E-state index in [1.165, 1.54) is 0 Å². The van der Waals surface area contributed by atoms with Crippen LogP contribution < -0.4 is 5.73 Å². The predicted molar refractivity (Wildman–Crippen MR) is 40.5 cm³/mol. The summed E-state index contributed by atoms with van der Waals surface area (Å²) in [4.78, 5) is 0. The monoisotopic (exact) mass is 139 g/mol. The molecule has 0 bridgehead atoms. The maximum Gasteiger partial charge on any atom is 0.0597 e. The van der Waals surface area contributed by atoms with E-state index >= 15 is 0 Å². The van der Waals surface area contributed by atoms with Crippen LogP contribution in [0.25, 0.3) is 0 Å². The number of hydrogen-bond acceptors (Lipinski definition) is 2. The number of rotatable bonds is 2. The molecule has 0 spiro atoms. The van der Waals surface area contributed by atoms with E-state index in [0.29, 0.717) is 6.54 Å². The average molecular weight is 139 g/mol. The van der Waals surface area contributed by atoms with Crippen LogP contribution in [0.1, 0.15) is 18.3 Å². The molecule has 1 heterocycles. The maximum atomic E-state index is 5.48. The van der Waals surface area contributed by atoms with Crippen LogP contribution in [0, 0.1) is 6.92 Å². The summed E-state index contributed by atoms with van der Waals surface area (Å²) in [6, 6.07) is 2.02. The lowest BCUT2D eigenvalue weighted by atomic mass is 10.4. The number of nitrogens with two attached hydrogens (primary N) is 1. The van der Waals surface area contributed by atoms with E-state index in [2.05, 4.69) is 12.0 Å². The highest BCUT2D eigenvalue weighted by molar-refractivity contribution is 5.08. The standard InChI is InChI=1S/C7H13N3/c1-3-10-7(5-8)4-6(2)9-10/h4H,3,5,8H2,1-2H3. The number of aromatic nitrogens is 2. The minimum atomic E-state index is 0.578. The Morgan fingerprint density at radius 1 is 1.70 bits per heavy atom. The zero-order chi connectivity index (χ0) is 7.56. The molecule has 1 aromatic heterocycles. The first-order valence-electron chi connectivity index (χ1n) is 3.51. The van der Waals surface area contributed by atoms with Crippen LogP contribution in [0.3, 0.4) is 0 Å². The van der Waals surface area contributed by atoms with Crippen LogP contribution in [-0.2, 0) is 13.1 Å². The van der Waals surface area contributed by atoms with Gasteiger partial charge in [-0.25, -0.2) is 0 Å². The van der Waals surface area contributed by atoms with Crippen molar-refractivity contribution in [2.45, 2.75) is 26.9 Å². The van der Waals surface area contributed by atoms with E-state index in [-0.39, 0.29) is 0 Å². The smallest absolute Gasteiger partial charge is 0.0597 e. The summed E-state index contributed by atoms with van der Waals surface area (Å²) in [5, 5.41) is 4.24. The fraction of sp³-hybridized carbons (Fsp3) is 0.571. The molecule has 0 aliphatic carbocycles. The van der Waals surface area contributed by atoms with Crippen molar-refractivity contribution in [3.63, 3.8) is 0 Å². The Hall–Kier alpha value is -0.830. The molecule has 0 amide bonds. The summed E-state index contributed by atoms with van der Waals surface area (Å²) in [7, 11) is 0.